The summed E-state index contributed by atoms with van der Waals surface area (Å²) in [6.07, 6.45) is 2.00. The highest BCUT2D eigenvalue weighted by Crippen LogP contribution is 2.33. The number of amides is 1. The van der Waals surface area contributed by atoms with Crippen LogP contribution >= 0.6 is 23.6 Å². The molecule has 1 N–H and O–H groups in total. The van der Waals surface area contributed by atoms with Crippen molar-refractivity contribution >= 4 is 44.8 Å². The van der Waals surface area contributed by atoms with Gasteiger partial charge in [0.2, 0.25) is 0 Å². The zero-order valence-electron chi connectivity index (χ0n) is 15.1. The van der Waals surface area contributed by atoms with Crippen molar-refractivity contribution in [1.29, 1.82) is 0 Å². The number of carbonyl (C=O) groups is 1. The van der Waals surface area contributed by atoms with Crippen molar-refractivity contribution in [2.45, 2.75) is 25.7 Å². The third-order valence-electron chi connectivity index (χ3n) is 4.98. The van der Waals surface area contributed by atoms with Crippen molar-refractivity contribution < 1.29 is 4.79 Å². The highest BCUT2D eigenvalue weighted by Gasteiger charge is 2.25. The van der Waals surface area contributed by atoms with Gasteiger partial charge in [-0.1, -0.05) is 29.8 Å². The number of hydrogen-bond donors (Lipinski definition) is 1. The lowest BCUT2D eigenvalue weighted by atomic mass is 9.98. The van der Waals surface area contributed by atoms with Gasteiger partial charge in [0.25, 0.3) is 5.91 Å². The number of fused-ring (bicyclic) bond motifs is 1. The fraction of sp³-hybridized carbons (Fsp3) is 0.286. The molecule has 0 spiro atoms. The first kappa shape index (κ1) is 18.1. The molecule has 3 aromatic rings. The normalized spacial score (nSPS) is 15.1. The van der Waals surface area contributed by atoms with Gasteiger partial charge in [-0.3, -0.25) is 10.1 Å². The molecule has 1 saturated heterocycles. The molecule has 0 atom stereocenters. The molecule has 2 heterocycles. The van der Waals surface area contributed by atoms with Crippen LogP contribution in [0.25, 0.3) is 10.2 Å². The quantitative estimate of drug-likeness (QED) is 0.649. The van der Waals surface area contributed by atoms with Crippen LogP contribution in [0.15, 0.2) is 48.5 Å². The maximum Gasteiger partial charge on any atom is 0.257 e. The van der Waals surface area contributed by atoms with Crippen LogP contribution in [-0.2, 0) is 0 Å². The summed E-state index contributed by atoms with van der Waals surface area (Å²) in [6, 6.07) is 15.8. The molecule has 1 aromatic heterocycles. The first-order chi connectivity index (χ1) is 13.1. The molecule has 1 amide bonds. The molecule has 6 heteroatoms. The number of thiocarbonyl (C=S) groups is 1. The van der Waals surface area contributed by atoms with Crippen molar-refractivity contribution in [3.05, 3.63) is 64.7 Å². The van der Waals surface area contributed by atoms with Gasteiger partial charge in [0.15, 0.2) is 5.11 Å². The van der Waals surface area contributed by atoms with Crippen LogP contribution < -0.4 is 5.32 Å². The molecule has 0 bridgehead atoms. The number of nitrogens with one attached hydrogen (secondary N) is 1. The second kappa shape index (κ2) is 7.74. The predicted octanol–water partition coefficient (Wildman–Crippen LogP) is 4.50. The Kier molecular flexibility index (Phi) is 5.18. The molecule has 4 nitrogen and oxygen atoms in total. The molecular weight excluding hydrogens is 374 g/mol. The zero-order valence-corrected chi connectivity index (χ0v) is 16.8. The number of aromatic nitrogens is 1. The average Bonchev–Trinajstić information content (AvgIpc) is 3.13. The SMILES string of the molecule is Cc1ccc(C(=O)NC(=S)N2CCC(c3nc4ccccc4s3)CC2)cc1. The molecule has 4 rings (SSSR count). The number of piperidine rings is 1. The Morgan fingerprint density at radius 2 is 1.85 bits per heavy atom. The number of hydrogen-bond acceptors (Lipinski definition) is 4. The molecule has 27 heavy (non-hydrogen) atoms. The van der Waals surface area contributed by atoms with Gasteiger partial charge in [-0.05, 0) is 56.2 Å². The largest absolute Gasteiger partial charge is 0.349 e. The van der Waals surface area contributed by atoms with Crippen LogP contribution in [-0.4, -0.2) is 34.0 Å². The van der Waals surface area contributed by atoms with Gasteiger partial charge in [-0.15, -0.1) is 11.3 Å². The summed E-state index contributed by atoms with van der Waals surface area (Å²) in [5.41, 5.74) is 2.85. The molecular formula is C21H21N3OS2. The molecule has 0 unspecified atom stereocenters. The standard InChI is InChI=1S/C21H21N3OS2/c1-14-6-8-15(9-7-14)19(25)23-21(26)24-12-10-16(11-13-24)20-22-17-4-2-3-5-18(17)27-20/h2-9,16H,10-13H2,1H3,(H,23,25,26). The number of rotatable bonds is 2. The van der Waals surface area contributed by atoms with Crippen LogP contribution in [0.1, 0.15) is 39.7 Å². The molecule has 1 aliphatic rings. The maximum absolute atomic E-state index is 12.4. The minimum absolute atomic E-state index is 0.145. The lowest BCUT2D eigenvalue weighted by Crippen LogP contribution is -2.46. The zero-order chi connectivity index (χ0) is 18.8. The third kappa shape index (κ3) is 4.01. The molecule has 0 aliphatic carbocycles. The summed E-state index contributed by atoms with van der Waals surface area (Å²) in [6.45, 7) is 3.68. The lowest BCUT2D eigenvalue weighted by Gasteiger charge is -2.32. The third-order valence-corrected chi connectivity index (χ3v) is 6.54. The van der Waals surface area contributed by atoms with Crippen molar-refractivity contribution in [3.8, 4) is 0 Å². The predicted molar refractivity (Wildman–Crippen MR) is 114 cm³/mol. The maximum atomic E-state index is 12.4. The highest BCUT2D eigenvalue weighted by atomic mass is 32.1. The number of carbonyl (C=O) groups excluding carboxylic acids is 1. The first-order valence-electron chi connectivity index (χ1n) is 9.12. The molecule has 0 radical (unpaired) electrons. The smallest absolute Gasteiger partial charge is 0.257 e. The fourth-order valence-electron chi connectivity index (χ4n) is 3.35. The van der Waals surface area contributed by atoms with E-state index < -0.39 is 0 Å². The van der Waals surface area contributed by atoms with Crippen LogP contribution in [0.2, 0.25) is 0 Å². The van der Waals surface area contributed by atoms with Gasteiger partial charge in [0, 0.05) is 24.6 Å². The summed E-state index contributed by atoms with van der Waals surface area (Å²) in [5.74, 6) is 0.322. The van der Waals surface area contributed by atoms with E-state index in [1.54, 1.807) is 11.3 Å². The number of para-hydroxylation sites is 1. The first-order valence-corrected chi connectivity index (χ1v) is 10.3. The van der Waals surface area contributed by atoms with Crippen LogP contribution in [0, 0.1) is 6.92 Å². The van der Waals surface area contributed by atoms with E-state index in [1.165, 1.54) is 9.71 Å². The Balaban J connectivity index is 1.35. The number of thiazole rings is 1. The van der Waals surface area contributed by atoms with Crippen LogP contribution in [0.4, 0.5) is 0 Å². The summed E-state index contributed by atoms with van der Waals surface area (Å²) in [7, 11) is 0. The molecule has 138 valence electrons. The molecule has 0 saturated carbocycles. The van der Waals surface area contributed by atoms with E-state index in [2.05, 4.69) is 28.4 Å². The summed E-state index contributed by atoms with van der Waals surface area (Å²) in [4.78, 5) is 19.2. The average molecular weight is 396 g/mol. The summed E-state index contributed by atoms with van der Waals surface area (Å²) in [5, 5.41) is 4.60. The Morgan fingerprint density at radius 3 is 2.56 bits per heavy atom. The number of nitrogens with zero attached hydrogens (tertiary/aromatic N) is 2. The molecule has 1 aliphatic heterocycles. The van der Waals surface area contributed by atoms with Crippen molar-refractivity contribution in [1.82, 2.24) is 15.2 Å². The minimum atomic E-state index is -0.145. The second-order valence-corrected chi connectivity index (χ2v) is 8.36. The number of aryl methyl sites for hydroxylation is 1. The van der Waals surface area contributed by atoms with Crippen molar-refractivity contribution in [2.75, 3.05) is 13.1 Å². The van der Waals surface area contributed by atoms with E-state index in [0.717, 1.165) is 37.0 Å². The van der Waals surface area contributed by atoms with E-state index in [-0.39, 0.29) is 5.91 Å². The van der Waals surface area contributed by atoms with E-state index in [9.17, 15) is 4.79 Å². The van der Waals surface area contributed by atoms with Gasteiger partial charge in [0.05, 0.1) is 15.2 Å². The van der Waals surface area contributed by atoms with E-state index >= 15 is 0 Å². The van der Waals surface area contributed by atoms with Crippen molar-refractivity contribution in [3.63, 3.8) is 0 Å². The van der Waals surface area contributed by atoms with E-state index in [4.69, 9.17) is 17.2 Å². The van der Waals surface area contributed by atoms with Crippen molar-refractivity contribution in [2.24, 2.45) is 0 Å². The van der Waals surface area contributed by atoms with Gasteiger partial charge in [-0.2, -0.15) is 0 Å². The number of benzene rings is 2. The fourth-order valence-corrected chi connectivity index (χ4v) is 4.76. The van der Waals surface area contributed by atoms with Crippen LogP contribution in [0.5, 0.6) is 0 Å². The second-order valence-electron chi connectivity index (χ2n) is 6.91. The Bertz CT molecular complexity index is 940. The van der Waals surface area contributed by atoms with Gasteiger partial charge in [-0.25, -0.2) is 4.98 Å². The number of likely N-dealkylation sites (tertiary alicyclic amines) is 1. The monoisotopic (exact) mass is 395 g/mol. The van der Waals surface area contributed by atoms with Gasteiger partial charge < -0.3 is 4.90 Å². The topological polar surface area (TPSA) is 45.2 Å². The molecule has 2 aromatic carbocycles. The Hall–Kier alpha value is -2.31. The summed E-state index contributed by atoms with van der Waals surface area (Å²) < 4.78 is 1.25. The molecule has 1 fully saturated rings. The summed E-state index contributed by atoms with van der Waals surface area (Å²) >= 11 is 7.25. The Labute approximate surface area is 168 Å². The van der Waals surface area contributed by atoms with E-state index in [0.29, 0.717) is 16.6 Å². The van der Waals surface area contributed by atoms with E-state index in [1.807, 2.05) is 37.3 Å². The van der Waals surface area contributed by atoms with Gasteiger partial charge in [0.1, 0.15) is 0 Å². The minimum Gasteiger partial charge on any atom is -0.349 e. The Morgan fingerprint density at radius 1 is 1.15 bits per heavy atom. The lowest BCUT2D eigenvalue weighted by molar-refractivity contribution is 0.0972. The van der Waals surface area contributed by atoms with Gasteiger partial charge >= 0.3 is 0 Å². The van der Waals surface area contributed by atoms with Crippen LogP contribution in [0.3, 0.4) is 0 Å². The highest BCUT2D eigenvalue weighted by molar-refractivity contribution is 7.80.